The summed E-state index contributed by atoms with van der Waals surface area (Å²) in [4.78, 5) is 22.9. The van der Waals surface area contributed by atoms with E-state index in [0.29, 0.717) is 0 Å². The fourth-order valence-corrected chi connectivity index (χ4v) is 1.28. The van der Waals surface area contributed by atoms with Gasteiger partial charge in [-0.2, -0.15) is 13.2 Å². The summed E-state index contributed by atoms with van der Waals surface area (Å²) in [6, 6.07) is 0. The third-order valence-electron chi connectivity index (χ3n) is 1.93. The zero-order valence-electron chi connectivity index (χ0n) is 11.7. The van der Waals surface area contributed by atoms with Gasteiger partial charge >= 0.3 is 24.0 Å². The molecule has 1 amide bonds. The summed E-state index contributed by atoms with van der Waals surface area (Å²) >= 11 is 0. The van der Waals surface area contributed by atoms with E-state index >= 15 is 0 Å². The largest absolute Gasteiger partial charge is 0.462 e. The number of ether oxygens (including phenoxy) is 3. The number of hydrogen-bond acceptors (Lipinski definition) is 5. The van der Waals surface area contributed by atoms with E-state index in [1.54, 1.807) is 0 Å². The molecule has 1 N–H and O–H groups in total. The van der Waals surface area contributed by atoms with Gasteiger partial charge in [-0.3, -0.25) is 5.32 Å². The van der Waals surface area contributed by atoms with E-state index in [0.717, 1.165) is 0 Å². The molecule has 0 aliphatic heterocycles. The maximum Gasteiger partial charge on any atom is 0.448 e. The number of carbonyl (C=O) groups is 2. The van der Waals surface area contributed by atoms with Crippen LogP contribution in [0.15, 0.2) is 0 Å². The average molecular weight is 301 g/mol. The Bertz CT molecular complexity index is 345. The van der Waals surface area contributed by atoms with E-state index < -0.39 is 30.1 Å². The molecule has 0 aromatic heterocycles. The number of alkyl halides is 3. The van der Waals surface area contributed by atoms with Gasteiger partial charge in [0, 0.05) is 0 Å². The lowest BCUT2D eigenvalue weighted by atomic mass is 10.2. The van der Waals surface area contributed by atoms with Crippen LogP contribution in [0.5, 0.6) is 0 Å². The van der Waals surface area contributed by atoms with Crippen molar-refractivity contribution >= 4 is 12.1 Å². The number of rotatable bonds is 6. The topological polar surface area (TPSA) is 73.9 Å². The maximum absolute atomic E-state index is 13.2. The molecule has 0 aliphatic rings. The second-order valence-corrected chi connectivity index (χ2v) is 3.91. The Morgan fingerprint density at radius 1 is 1.10 bits per heavy atom. The van der Waals surface area contributed by atoms with Gasteiger partial charge in [0.05, 0.1) is 19.3 Å². The van der Waals surface area contributed by atoms with Crippen LogP contribution in [-0.4, -0.2) is 43.3 Å². The van der Waals surface area contributed by atoms with Gasteiger partial charge in [0.1, 0.15) is 0 Å². The number of amides is 1. The zero-order valence-corrected chi connectivity index (χ0v) is 11.7. The predicted molar refractivity (Wildman–Crippen MR) is 61.8 cm³/mol. The molecule has 6 nitrogen and oxygen atoms in total. The van der Waals surface area contributed by atoms with E-state index in [9.17, 15) is 22.8 Å². The van der Waals surface area contributed by atoms with Crippen molar-refractivity contribution in [1.82, 2.24) is 5.32 Å². The third kappa shape index (κ3) is 4.55. The second-order valence-electron chi connectivity index (χ2n) is 3.91. The summed E-state index contributed by atoms with van der Waals surface area (Å²) in [5, 5.41) is 1.40. The summed E-state index contributed by atoms with van der Waals surface area (Å²) < 4.78 is 53.0. The van der Waals surface area contributed by atoms with E-state index in [4.69, 9.17) is 0 Å². The van der Waals surface area contributed by atoms with Crippen LogP contribution in [-0.2, 0) is 19.0 Å². The van der Waals surface area contributed by atoms with E-state index in [1.807, 2.05) is 0 Å². The number of alkyl carbamates (subject to hydrolysis) is 1. The molecular weight excluding hydrogens is 283 g/mol. The monoisotopic (exact) mass is 301 g/mol. The first-order chi connectivity index (χ1) is 9.10. The highest BCUT2D eigenvalue weighted by atomic mass is 19.4. The normalized spacial score (nSPS) is 14.6. The van der Waals surface area contributed by atoms with Gasteiger partial charge in [-0.1, -0.05) is 0 Å². The lowest BCUT2D eigenvalue weighted by molar-refractivity contribution is -0.293. The van der Waals surface area contributed by atoms with Gasteiger partial charge in [0.2, 0.25) is 0 Å². The van der Waals surface area contributed by atoms with Crippen molar-refractivity contribution in [2.75, 3.05) is 13.2 Å². The Morgan fingerprint density at radius 3 is 1.95 bits per heavy atom. The molecule has 20 heavy (non-hydrogen) atoms. The van der Waals surface area contributed by atoms with Crippen LogP contribution in [0.1, 0.15) is 27.7 Å². The molecule has 0 fully saturated rings. The molecule has 0 unspecified atom stereocenters. The Balaban J connectivity index is 5.54. The summed E-state index contributed by atoms with van der Waals surface area (Å²) in [5.41, 5.74) is -3.59. The first kappa shape index (κ1) is 18.5. The molecule has 0 rings (SSSR count). The van der Waals surface area contributed by atoms with Gasteiger partial charge in [0.25, 0.3) is 0 Å². The van der Waals surface area contributed by atoms with Crippen LogP contribution < -0.4 is 5.32 Å². The van der Waals surface area contributed by atoms with E-state index in [2.05, 4.69) is 14.2 Å². The van der Waals surface area contributed by atoms with Crippen molar-refractivity contribution < 1.29 is 37.0 Å². The number of carbonyl (C=O) groups excluding carboxylic acids is 2. The molecule has 0 spiro atoms. The lowest BCUT2D eigenvalue weighted by Crippen LogP contribution is -2.67. The number of halogens is 3. The van der Waals surface area contributed by atoms with Gasteiger partial charge in [-0.25, -0.2) is 9.59 Å². The van der Waals surface area contributed by atoms with E-state index in [1.165, 1.54) is 33.0 Å². The van der Waals surface area contributed by atoms with Crippen LogP contribution in [0.25, 0.3) is 0 Å². The molecule has 0 radical (unpaired) electrons. The second kappa shape index (κ2) is 7.32. The number of esters is 1. The Hall–Kier alpha value is -1.51. The average Bonchev–Trinajstić information content (AvgIpc) is 2.26. The van der Waals surface area contributed by atoms with Crippen LogP contribution in [0.2, 0.25) is 0 Å². The minimum Gasteiger partial charge on any atom is -0.462 e. The predicted octanol–water partition coefficient (Wildman–Crippen LogP) is 1.98. The van der Waals surface area contributed by atoms with E-state index in [-0.39, 0.29) is 13.2 Å². The summed E-state index contributed by atoms with van der Waals surface area (Å²) in [5.74, 6) is -1.76. The SMILES string of the molecule is CCOC(=O)N[C@](OC(C)C)(C(=O)OCC)C(F)(F)F. The molecule has 0 saturated carbocycles. The highest BCUT2D eigenvalue weighted by Crippen LogP contribution is 2.34. The van der Waals surface area contributed by atoms with Gasteiger partial charge in [0.15, 0.2) is 0 Å². The summed E-state index contributed by atoms with van der Waals surface area (Å²) in [6.07, 6.45) is -7.64. The van der Waals surface area contributed by atoms with Crippen LogP contribution in [0.4, 0.5) is 18.0 Å². The van der Waals surface area contributed by atoms with Gasteiger partial charge < -0.3 is 14.2 Å². The first-order valence-electron chi connectivity index (χ1n) is 5.97. The first-order valence-corrected chi connectivity index (χ1v) is 5.97. The summed E-state index contributed by atoms with van der Waals surface area (Å²) in [7, 11) is 0. The van der Waals surface area contributed by atoms with Crippen molar-refractivity contribution in [3.05, 3.63) is 0 Å². The van der Waals surface area contributed by atoms with Crippen molar-refractivity contribution in [3.8, 4) is 0 Å². The lowest BCUT2D eigenvalue weighted by Gasteiger charge is -2.34. The fraction of sp³-hybridized carbons (Fsp3) is 0.818. The quantitative estimate of drug-likeness (QED) is 0.600. The standard InChI is InChI=1S/C11H18F3NO5/c1-5-18-8(16)10(11(12,13)14,20-7(3)4)15-9(17)19-6-2/h7H,5-6H2,1-4H3,(H,15,17)/t10-/m0/s1. The molecule has 0 aromatic rings. The Morgan fingerprint density at radius 2 is 1.60 bits per heavy atom. The van der Waals surface area contributed by atoms with Crippen LogP contribution >= 0.6 is 0 Å². The fourth-order valence-electron chi connectivity index (χ4n) is 1.28. The minimum atomic E-state index is -5.21. The molecule has 0 aliphatic carbocycles. The molecule has 9 heteroatoms. The minimum absolute atomic E-state index is 0.162. The highest BCUT2D eigenvalue weighted by molar-refractivity contribution is 5.85. The smallest absolute Gasteiger partial charge is 0.448 e. The van der Waals surface area contributed by atoms with Crippen LogP contribution in [0, 0.1) is 0 Å². The van der Waals surface area contributed by atoms with Crippen molar-refractivity contribution in [3.63, 3.8) is 0 Å². The molecule has 0 heterocycles. The number of nitrogens with one attached hydrogen (secondary N) is 1. The molecule has 0 bridgehead atoms. The molecule has 1 atom stereocenters. The van der Waals surface area contributed by atoms with Crippen LogP contribution in [0.3, 0.4) is 0 Å². The molecular formula is C11H18F3NO5. The molecule has 118 valence electrons. The number of hydrogen-bond donors (Lipinski definition) is 1. The third-order valence-corrected chi connectivity index (χ3v) is 1.93. The Kier molecular flexibility index (Phi) is 6.77. The van der Waals surface area contributed by atoms with Crippen molar-refractivity contribution in [1.29, 1.82) is 0 Å². The Labute approximate surface area is 114 Å². The highest BCUT2D eigenvalue weighted by Gasteiger charge is 2.65. The zero-order chi connectivity index (χ0) is 16.0. The van der Waals surface area contributed by atoms with Crippen molar-refractivity contribution in [2.24, 2.45) is 0 Å². The maximum atomic E-state index is 13.2. The van der Waals surface area contributed by atoms with Crippen molar-refractivity contribution in [2.45, 2.75) is 45.7 Å². The molecule has 0 aromatic carbocycles. The van der Waals surface area contributed by atoms with Gasteiger partial charge in [-0.05, 0) is 27.7 Å². The molecule has 0 saturated heterocycles. The summed E-state index contributed by atoms with van der Waals surface area (Å²) in [6.45, 7) is 4.84. The van der Waals surface area contributed by atoms with Gasteiger partial charge in [-0.15, -0.1) is 0 Å².